The molecule has 2 aromatic rings. The van der Waals surface area contributed by atoms with Crippen molar-refractivity contribution in [1.29, 1.82) is 0 Å². The Hall–Kier alpha value is -2.01. The summed E-state index contributed by atoms with van der Waals surface area (Å²) in [5.74, 6) is 1.38. The summed E-state index contributed by atoms with van der Waals surface area (Å²) in [7, 11) is 3.21. The lowest BCUT2D eigenvalue weighted by atomic mass is 9.95. The number of ether oxygens (including phenoxy) is 2. The lowest BCUT2D eigenvalue weighted by Gasteiger charge is -2.18. The topological polar surface area (TPSA) is 47.6 Å². The second-order valence-electron chi connectivity index (χ2n) is 5.93. The van der Waals surface area contributed by atoms with Crippen molar-refractivity contribution in [3.8, 4) is 11.5 Å². The van der Waals surface area contributed by atoms with E-state index < -0.39 is 5.41 Å². The summed E-state index contributed by atoms with van der Waals surface area (Å²) in [5.41, 5.74) is 1.57. The van der Waals surface area contributed by atoms with E-state index in [-0.39, 0.29) is 5.91 Å². The van der Waals surface area contributed by atoms with E-state index in [4.69, 9.17) is 9.47 Å². The minimum Gasteiger partial charge on any atom is -0.493 e. The van der Waals surface area contributed by atoms with E-state index in [1.54, 1.807) is 14.2 Å². The summed E-state index contributed by atoms with van der Waals surface area (Å²) in [6, 6.07) is 13.6. The second-order valence-corrected chi connectivity index (χ2v) is 6.84. The second kappa shape index (κ2) is 6.85. The number of para-hydroxylation sites is 1. The fourth-order valence-corrected chi connectivity index (χ4v) is 3.39. The fraction of sp³-hybridized carbons (Fsp3) is 0.316. The average molecular weight is 390 g/mol. The van der Waals surface area contributed by atoms with Gasteiger partial charge in [0.05, 0.1) is 19.6 Å². The maximum absolute atomic E-state index is 12.8. The van der Waals surface area contributed by atoms with E-state index >= 15 is 0 Å². The molecule has 0 aliphatic heterocycles. The zero-order chi connectivity index (χ0) is 17.2. The third-order valence-electron chi connectivity index (χ3n) is 4.49. The molecule has 126 valence electrons. The van der Waals surface area contributed by atoms with Gasteiger partial charge >= 0.3 is 0 Å². The summed E-state index contributed by atoms with van der Waals surface area (Å²) >= 11 is 3.48. The fourth-order valence-electron chi connectivity index (χ4n) is 3.00. The molecule has 1 aliphatic carbocycles. The van der Waals surface area contributed by atoms with Crippen LogP contribution in [0.5, 0.6) is 11.5 Å². The molecule has 1 amide bonds. The monoisotopic (exact) mass is 389 g/mol. The van der Waals surface area contributed by atoms with Crippen LogP contribution in [0.25, 0.3) is 0 Å². The first-order valence-corrected chi connectivity index (χ1v) is 8.64. The van der Waals surface area contributed by atoms with Crippen molar-refractivity contribution in [1.82, 2.24) is 5.32 Å². The van der Waals surface area contributed by atoms with Gasteiger partial charge in [-0.1, -0.05) is 40.2 Å². The highest BCUT2D eigenvalue weighted by Gasteiger charge is 2.51. The Morgan fingerprint density at radius 1 is 1.17 bits per heavy atom. The molecule has 1 aliphatic rings. The van der Waals surface area contributed by atoms with Crippen LogP contribution in [0.3, 0.4) is 0 Å². The molecule has 0 aromatic heterocycles. The van der Waals surface area contributed by atoms with Crippen LogP contribution >= 0.6 is 15.9 Å². The highest BCUT2D eigenvalue weighted by molar-refractivity contribution is 9.10. The van der Waals surface area contributed by atoms with Crippen LogP contribution in [0.1, 0.15) is 24.0 Å². The maximum atomic E-state index is 12.8. The number of carbonyl (C=O) groups excluding carboxylic acids is 1. The van der Waals surface area contributed by atoms with Gasteiger partial charge in [0.15, 0.2) is 11.5 Å². The molecule has 1 N–H and O–H groups in total. The Bertz CT molecular complexity index is 756. The number of methoxy groups -OCH3 is 2. The number of nitrogens with one attached hydrogen (secondary N) is 1. The van der Waals surface area contributed by atoms with Gasteiger partial charge < -0.3 is 14.8 Å². The molecule has 3 rings (SSSR count). The van der Waals surface area contributed by atoms with Crippen LogP contribution in [-0.2, 0) is 16.8 Å². The predicted molar refractivity (Wildman–Crippen MR) is 96.4 cm³/mol. The van der Waals surface area contributed by atoms with Crippen molar-refractivity contribution in [2.45, 2.75) is 24.8 Å². The van der Waals surface area contributed by atoms with Crippen LogP contribution in [0.15, 0.2) is 46.9 Å². The van der Waals surface area contributed by atoms with Crippen LogP contribution < -0.4 is 14.8 Å². The largest absolute Gasteiger partial charge is 0.493 e. The van der Waals surface area contributed by atoms with E-state index in [1.807, 2.05) is 42.5 Å². The average Bonchev–Trinajstić information content (AvgIpc) is 3.41. The highest BCUT2D eigenvalue weighted by atomic mass is 79.9. The normalized spacial score (nSPS) is 14.8. The SMILES string of the molecule is COc1cccc(CNC(=O)C2(c3cccc(Br)c3)CC2)c1OC. The van der Waals surface area contributed by atoms with Crippen molar-refractivity contribution in [3.63, 3.8) is 0 Å². The summed E-state index contributed by atoms with van der Waals surface area (Å²) in [6.45, 7) is 0.412. The predicted octanol–water partition coefficient (Wildman–Crippen LogP) is 3.81. The molecule has 1 saturated carbocycles. The lowest BCUT2D eigenvalue weighted by Crippen LogP contribution is -2.34. The van der Waals surface area contributed by atoms with Gasteiger partial charge in [0.25, 0.3) is 0 Å². The molecule has 5 heteroatoms. The van der Waals surface area contributed by atoms with E-state index in [0.29, 0.717) is 18.0 Å². The van der Waals surface area contributed by atoms with Crippen LogP contribution in [0.2, 0.25) is 0 Å². The van der Waals surface area contributed by atoms with Crippen LogP contribution in [0.4, 0.5) is 0 Å². The third-order valence-corrected chi connectivity index (χ3v) is 4.98. The van der Waals surface area contributed by atoms with Gasteiger partial charge in [0.1, 0.15) is 0 Å². The number of halogens is 1. The van der Waals surface area contributed by atoms with Gasteiger partial charge in [0.2, 0.25) is 5.91 Å². The minimum atomic E-state index is -0.393. The number of carbonyl (C=O) groups is 1. The molecule has 0 atom stereocenters. The van der Waals surface area contributed by atoms with Gasteiger partial charge in [-0.25, -0.2) is 0 Å². The van der Waals surface area contributed by atoms with Crippen molar-refractivity contribution in [2.24, 2.45) is 0 Å². The Balaban J connectivity index is 1.75. The Morgan fingerprint density at radius 3 is 2.54 bits per heavy atom. The summed E-state index contributed by atoms with van der Waals surface area (Å²) < 4.78 is 11.7. The summed E-state index contributed by atoms with van der Waals surface area (Å²) in [4.78, 5) is 12.8. The quantitative estimate of drug-likeness (QED) is 0.816. The van der Waals surface area contributed by atoms with E-state index in [9.17, 15) is 4.79 Å². The Morgan fingerprint density at radius 2 is 1.92 bits per heavy atom. The first-order valence-electron chi connectivity index (χ1n) is 7.85. The number of rotatable bonds is 6. The summed E-state index contributed by atoms with van der Waals surface area (Å²) in [6.07, 6.45) is 1.76. The molecule has 0 unspecified atom stereocenters. The van der Waals surface area contributed by atoms with Crippen molar-refractivity contribution in [3.05, 3.63) is 58.1 Å². The van der Waals surface area contributed by atoms with E-state index in [0.717, 1.165) is 28.4 Å². The standard InChI is InChI=1S/C19H20BrNO3/c1-23-16-8-3-5-13(17(16)24-2)12-21-18(22)19(9-10-19)14-6-4-7-15(20)11-14/h3-8,11H,9-10,12H2,1-2H3,(H,21,22). The zero-order valence-corrected chi connectivity index (χ0v) is 15.4. The van der Waals surface area contributed by atoms with Gasteiger partial charge in [-0.3, -0.25) is 4.79 Å². The Labute approximate surface area is 150 Å². The first-order chi connectivity index (χ1) is 11.6. The molecule has 0 heterocycles. The maximum Gasteiger partial charge on any atom is 0.230 e. The lowest BCUT2D eigenvalue weighted by molar-refractivity contribution is -0.123. The van der Waals surface area contributed by atoms with Gasteiger partial charge in [0, 0.05) is 16.6 Å². The smallest absolute Gasteiger partial charge is 0.230 e. The van der Waals surface area contributed by atoms with Crippen molar-refractivity contribution < 1.29 is 14.3 Å². The van der Waals surface area contributed by atoms with Gasteiger partial charge in [-0.05, 0) is 36.6 Å². The van der Waals surface area contributed by atoms with Crippen molar-refractivity contribution in [2.75, 3.05) is 14.2 Å². The van der Waals surface area contributed by atoms with E-state index in [2.05, 4.69) is 21.2 Å². The number of benzene rings is 2. The molecule has 2 aromatic carbocycles. The number of hydrogen-bond donors (Lipinski definition) is 1. The number of hydrogen-bond acceptors (Lipinski definition) is 3. The van der Waals surface area contributed by atoms with Gasteiger partial charge in [-0.2, -0.15) is 0 Å². The molecular weight excluding hydrogens is 370 g/mol. The molecule has 0 bridgehead atoms. The zero-order valence-electron chi connectivity index (χ0n) is 13.8. The molecule has 4 nitrogen and oxygen atoms in total. The Kier molecular flexibility index (Phi) is 4.81. The van der Waals surface area contributed by atoms with Crippen LogP contribution in [0, 0.1) is 0 Å². The third kappa shape index (κ3) is 3.13. The minimum absolute atomic E-state index is 0.0606. The van der Waals surface area contributed by atoms with Crippen LogP contribution in [-0.4, -0.2) is 20.1 Å². The molecule has 0 saturated heterocycles. The molecule has 0 radical (unpaired) electrons. The molecule has 0 spiro atoms. The van der Waals surface area contributed by atoms with Crippen molar-refractivity contribution >= 4 is 21.8 Å². The van der Waals surface area contributed by atoms with E-state index in [1.165, 1.54) is 0 Å². The molecule has 24 heavy (non-hydrogen) atoms. The van der Waals surface area contributed by atoms with Gasteiger partial charge in [-0.15, -0.1) is 0 Å². The number of amides is 1. The molecular formula is C19H20BrNO3. The first kappa shape index (κ1) is 16.8. The molecule has 1 fully saturated rings. The summed E-state index contributed by atoms with van der Waals surface area (Å²) in [5, 5.41) is 3.06. The highest BCUT2D eigenvalue weighted by Crippen LogP contribution is 2.49.